The molecule has 80 valence electrons. The molecule has 0 aliphatic carbocycles. The first-order valence-corrected chi connectivity index (χ1v) is 5.20. The number of piperazine rings is 1. The van der Waals surface area contributed by atoms with Crippen molar-refractivity contribution < 1.29 is 4.79 Å². The molecule has 1 saturated heterocycles. The highest BCUT2D eigenvalue weighted by molar-refractivity contribution is 5.93. The molecule has 1 aliphatic rings. The van der Waals surface area contributed by atoms with Crippen LogP contribution in [0.5, 0.6) is 0 Å². The average Bonchev–Trinajstić information content (AvgIpc) is 2.29. The van der Waals surface area contributed by atoms with E-state index < -0.39 is 0 Å². The van der Waals surface area contributed by atoms with Gasteiger partial charge in [0.15, 0.2) is 0 Å². The SMILES string of the molecule is CC1CN(C(=O)c2cccnc2)CCN1. The van der Waals surface area contributed by atoms with Crippen molar-refractivity contribution in [2.45, 2.75) is 13.0 Å². The lowest BCUT2D eigenvalue weighted by Gasteiger charge is -2.31. The minimum atomic E-state index is 0.0800. The van der Waals surface area contributed by atoms with Crippen LogP contribution in [0.1, 0.15) is 17.3 Å². The van der Waals surface area contributed by atoms with Crippen molar-refractivity contribution in [2.24, 2.45) is 0 Å². The monoisotopic (exact) mass is 205 g/mol. The van der Waals surface area contributed by atoms with E-state index in [0.717, 1.165) is 19.6 Å². The van der Waals surface area contributed by atoms with Gasteiger partial charge in [0.25, 0.3) is 5.91 Å². The minimum Gasteiger partial charge on any atom is -0.336 e. The van der Waals surface area contributed by atoms with Crippen molar-refractivity contribution in [1.29, 1.82) is 0 Å². The van der Waals surface area contributed by atoms with E-state index in [1.165, 1.54) is 0 Å². The molecule has 1 atom stereocenters. The van der Waals surface area contributed by atoms with Crippen molar-refractivity contribution in [2.75, 3.05) is 19.6 Å². The van der Waals surface area contributed by atoms with Crippen LogP contribution in [0.4, 0.5) is 0 Å². The second-order valence-corrected chi connectivity index (χ2v) is 3.85. The van der Waals surface area contributed by atoms with Gasteiger partial charge in [0.05, 0.1) is 5.56 Å². The summed E-state index contributed by atoms with van der Waals surface area (Å²) in [6.45, 7) is 4.50. The number of hydrogen-bond donors (Lipinski definition) is 1. The second-order valence-electron chi connectivity index (χ2n) is 3.85. The number of hydrogen-bond acceptors (Lipinski definition) is 3. The number of rotatable bonds is 1. The topological polar surface area (TPSA) is 45.2 Å². The van der Waals surface area contributed by atoms with Crippen LogP contribution in [0.3, 0.4) is 0 Å². The molecular weight excluding hydrogens is 190 g/mol. The van der Waals surface area contributed by atoms with Crippen molar-refractivity contribution in [3.8, 4) is 0 Å². The maximum Gasteiger partial charge on any atom is 0.255 e. The molecule has 1 fully saturated rings. The number of nitrogens with zero attached hydrogens (tertiary/aromatic N) is 2. The van der Waals surface area contributed by atoms with Gasteiger partial charge in [-0.15, -0.1) is 0 Å². The Kier molecular flexibility index (Phi) is 2.97. The standard InChI is InChI=1S/C11H15N3O/c1-9-8-14(6-5-13-9)11(15)10-3-2-4-12-7-10/h2-4,7,9,13H,5-6,8H2,1H3. The Morgan fingerprint density at radius 3 is 3.20 bits per heavy atom. The smallest absolute Gasteiger partial charge is 0.255 e. The third-order valence-electron chi connectivity index (χ3n) is 2.56. The molecule has 1 amide bonds. The van der Waals surface area contributed by atoms with E-state index in [4.69, 9.17) is 0 Å². The van der Waals surface area contributed by atoms with Gasteiger partial charge in [0, 0.05) is 38.1 Å². The molecule has 1 aromatic heterocycles. The summed E-state index contributed by atoms with van der Waals surface area (Å²) in [5.41, 5.74) is 0.673. The molecule has 2 heterocycles. The Hall–Kier alpha value is -1.42. The number of amides is 1. The first-order chi connectivity index (χ1) is 7.27. The van der Waals surface area contributed by atoms with Gasteiger partial charge < -0.3 is 10.2 Å². The minimum absolute atomic E-state index is 0.0800. The van der Waals surface area contributed by atoms with Crippen molar-refractivity contribution >= 4 is 5.91 Å². The van der Waals surface area contributed by atoms with Crippen LogP contribution < -0.4 is 5.32 Å². The van der Waals surface area contributed by atoms with Gasteiger partial charge in [-0.25, -0.2) is 0 Å². The summed E-state index contributed by atoms with van der Waals surface area (Å²) in [4.78, 5) is 17.8. The van der Waals surface area contributed by atoms with Gasteiger partial charge >= 0.3 is 0 Å². The highest BCUT2D eigenvalue weighted by atomic mass is 16.2. The van der Waals surface area contributed by atoms with Crippen LogP contribution in [0.25, 0.3) is 0 Å². The summed E-state index contributed by atoms with van der Waals surface area (Å²) in [6.07, 6.45) is 3.30. The summed E-state index contributed by atoms with van der Waals surface area (Å²) < 4.78 is 0. The highest BCUT2D eigenvalue weighted by Gasteiger charge is 2.21. The van der Waals surface area contributed by atoms with Gasteiger partial charge in [-0.1, -0.05) is 0 Å². The molecular formula is C11H15N3O. The lowest BCUT2D eigenvalue weighted by molar-refractivity contribution is 0.0708. The molecule has 15 heavy (non-hydrogen) atoms. The number of pyridine rings is 1. The summed E-state index contributed by atoms with van der Waals surface area (Å²) in [6, 6.07) is 3.97. The Labute approximate surface area is 89.3 Å². The van der Waals surface area contributed by atoms with E-state index in [1.807, 2.05) is 11.0 Å². The lowest BCUT2D eigenvalue weighted by atomic mass is 10.2. The van der Waals surface area contributed by atoms with Crippen LogP contribution in [0, 0.1) is 0 Å². The van der Waals surface area contributed by atoms with E-state index >= 15 is 0 Å². The Balaban J connectivity index is 2.08. The average molecular weight is 205 g/mol. The predicted molar refractivity (Wildman–Crippen MR) is 57.6 cm³/mol. The van der Waals surface area contributed by atoms with Crippen LogP contribution >= 0.6 is 0 Å². The summed E-state index contributed by atoms with van der Waals surface area (Å²) in [7, 11) is 0. The molecule has 1 N–H and O–H groups in total. The largest absolute Gasteiger partial charge is 0.336 e. The van der Waals surface area contributed by atoms with Gasteiger partial charge in [-0.05, 0) is 19.1 Å². The van der Waals surface area contributed by atoms with E-state index in [0.29, 0.717) is 11.6 Å². The Morgan fingerprint density at radius 2 is 2.53 bits per heavy atom. The first kappa shape index (κ1) is 10.1. The summed E-state index contributed by atoms with van der Waals surface area (Å²) in [5, 5.41) is 3.31. The van der Waals surface area contributed by atoms with E-state index in [2.05, 4.69) is 17.2 Å². The van der Waals surface area contributed by atoms with Crippen LogP contribution in [-0.2, 0) is 0 Å². The zero-order valence-corrected chi connectivity index (χ0v) is 8.81. The Morgan fingerprint density at radius 1 is 1.67 bits per heavy atom. The molecule has 0 bridgehead atoms. The third kappa shape index (κ3) is 2.33. The molecule has 4 nitrogen and oxygen atoms in total. The number of aromatic nitrogens is 1. The molecule has 0 radical (unpaired) electrons. The van der Waals surface area contributed by atoms with Crippen molar-refractivity contribution in [3.05, 3.63) is 30.1 Å². The van der Waals surface area contributed by atoms with Crippen LogP contribution in [-0.4, -0.2) is 41.5 Å². The fourth-order valence-corrected chi connectivity index (χ4v) is 1.79. The molecule has 1 aliphatic heterocycles. The van der Waals surface area contributed by atoms with Gasteiger partial charge in [0.1, 0.15) is 0 Å². The molecule has 0 saturated carbocycles. The quantitative estimate of drug-likeness (QED) is 0.727. The number of carbonyl (C=O) groups is 1. The molecule has 2 rings (SSSR count). The molecule has 0 aromatic carbocycles. The first-order valence-electron chi connectivity index (χ1n) is 5.20. The number of nitrogens with one attached hydrogen (secondary N) is 1. The predicted octanol–water partition coefficient (Wildman–Crippen LogP) is 0.515. The molecule has 1 unspecified atom stereocenters. The number of carbonyl (C=O) groups excluding carboxylic acids is 1. The van der Waals surface area contributed by atoms with Crippen LogP contribution in [0.15, 0.2) is 24.5 Å². The summed E-state index contributed by atoms with van der Waals surface area (Å²) in [5.74, 6) is 0.0800. The Bertz CT molecular complexity index is 339. The van der Waals surface area contributed by atoms with E-state index in [9.17, 15) is 4.79 Å². The zero-order valence-electron chi connectivity index (χ0n) is 8.81. The molecule has 1 aromatic rings. The maximum absolute atomic E-state index is 12.0. The normalized spacial score (nSPS) is 21.4. The van der Waals surface area contributed by atoms with Gasteiger partial charge in [0.2, 0.25) is 0 Å². The second kappa shape index (κ2) is 4.40. The van der Waals surface area contributed by atoms with Crippen LogP contribution in [0.2, 0.25) is 0 Å². The lowest BCUT2D eigenvalue weighted by Crippen LogP contribution is -2.51. The van der Waals surface area contributed by atoms with Gasteiger partial charge in [-0.3, -0.25) is 9.78 Å². The van der Waals surface area contributed by atoms with E-state index in [-0.39, 0.29) is 5.91 Å². The fraction of sp³-hybridized carbons (Fsp3) is 0.455. The van der Waals surface area contributed by atoms with E-state index in [1.54, 1.807) is 18.5 Å². The molecule has 4 heteroatoms. The van der Waals surface area contributed by atoms with Crippen molar-refractivity contribution in [3.63, 3.8) is 0 Å². The van der Waals surface area contributed by atoms with Crippen molar-refractivity contribution in [1.82, 2.24) is 15.2 Å². The third-order valence-corrected chi connectivity index (χ3v) is 2.56. The molecule has 0 spiro atoms. The maximum atomic E-state index is 12.0. The highest BCUT2D eigenvalue weighted by Crippen LogP contribution is 2.06. The van der Waals surface area contributed by atoms with Gasteiger partial charge in [-0.2, -0.15) is 0 Å². The zero-order chi connectivity index (χ0) is 10.7. The summed E-state index contributed by atoms with van der Waals surface area (Å²) >= 11 is 0. The fourth-order valence-electron chi connectivity index (χ4n) is 1.79.